The lowest BCUT2D eigenvalue weighted by molar-refractivity contribution is -0.156. The highest BCUT2D eigenvalue weighted by Gasteiger charge is 2.45. The van der Waals surface area contributed by atoms with Gasteiger partial charge in [0.15, 0.2) is 11.6 Å². The molecule has 13 nitrogen and oxygen atoms in total. The summed E-state index contributed by atoms with van der Waals surface area (Å²) in [5.74, 6) is -2.67. The lowest BCUT2D eigenvalue weighted by Crippen LogP contribution is -2.43. The highest BCUT2D eigenvalue weighted by Crippen LogP contribution is 2.40. The number of esters is 1. The maximum absolute atomic E-state index is 13.8. The van der Waals surface area contributed by atoms with Crippen molar-refractivity contribution in [3.63, 3.8) is 0 Å². The average Bonchev–Trinajstić information content (AvgIpc) is 3.61. The van der Waals surface area contributed by atoms with E-state index in [9.17, 15) is 14.7 Å². The molecule has 0 bridgehead atoms. The van der Waals surface area contributed by atoms with Gasteiger partial charge in [-0.15, -0.1) is 0 Å². The second kappa shape index (κ2) is 17.5. The van der Waals surface area contributed by atoms with Gasteiger partial charge in [-0.2, -0.15) is 0 Å². The Labute approximate surface area is 337 Å². The van der Waals surface area contributed by atoms with Crippen LogP contribution in [0.25, 0.3) is 6.08 Å². The number of hydrogen-bond donors (Lipinski definition) is 1. The van der Waals surface area contributed by atoms with Gasteiger partial charge in [0, 0.05) is 19.9 Å². The summed E-state index contributed by atoms with van der Waals surface area (Å²) in [7, 11) is 1.62. The number of aliphatic hydroxyl groups excluding tert-OH is 1. The summed E-state index contributed by atoms with van der Waals surface area (Å²) in [5.41, 5.74) is 1.29. The zero-order chi connectivity index (χ0) is 41.9. The number of aliphatic hydroxyl groups is 1. The van der Waals surface area contributed by atoms with E-state index in [4.69, 9.17) is 42.6 Å². The molecule has 2 saturated heterocycles. The number of anilines is 1. The number of benzene rings is 2. The molecule has 0 aliphatic carbocycles. The lowest BCUT2D eigenvalue weighted by Gasteiger charge is -2.34. The van der Waals surface area contributed by atoms with Crippen LogP contribution in [0.3, 0.4) is 0 Å². The standard InChI is InChI=1S/C44H61NO12/c1-27(28(2)46)16-21-34(50-25-29-17-19-32(49-12)20-18-29)38-35(53-43(8,9)55-38)15-13-14-30-22-31(23-36-37(30)39(47)56-44(10,11)54-36)45(40(48)57-41(3,4)5)24-33-26-51-42(6,7)52-33/h13-14,16-23,27-28,33-35,38,46H,15,24-26H2,1-12H3/b14-13+,21-16-/t27-,28+,33?,34?,35+,38-/m1/s1. The number of methoxy groups -OCH3 is 1. The molecule has 5 rings (SSSR count). The topological polar surface area (TPSA) is 141 Å². The molecule has 1 N–H and O–H groups in total. The number of hydrogen-bond acceptors (Lipinski definition) is 12. The van der Waals surface area contributed by atoms with Gasteiger partial charge in [-0.05, 0) is 97.1 Å². The molecule has 57 heavy (non-hydrogen) atoms. The Morgan fingerprint density at radius 1 is 0.965 bits per heavy atom. The van der Waals surface area contributed by atoms with Gasteiger partial charge in [-0.1, -0.05) is 43.4 Å². The van der Waals surface area contributed by atoms with Crippen molar-refractivity contribution < 1.29 is 57.3 Å². The van der Waals surface area contributed by atoms with Gasteiger partial charge in [0.2, 0.25) is 5.79 Å². The smallest absolute Gasteiger partial charge is 0.414 e. The van der Waals surface area contributed by atoms with Crippen LogP contribution in [0.15, 0.2) is 54.6 Å². The van der Waals surface area contributed by atoms with Crippen molar-refractivity contribution in [2.24, 2.45) is 5.92 Å². The van der Waals surface area contributed by atoms with Crippen molar-refractivity contribution in [3.05, 3.63) is 71.3 Å². The number of fused-ring (bicyclic) bond motifs is 1. The maximum Gasteiger partial charge on any atom is 0.414 e. The molecule has 2 aromatic rings. The third kappa shape index (κ3) is 12.0. The Morgan fingerprint density at radius 3 is 2.28 bits per heavy atom. The predicted molar refractivity (Wildman–Crippen MR) is 214 cm³/mol. The van der Waals surface area contributed by atoms with E-state index in [0.29, 0.717) is 24.3 Å². The maximum atomic E-state index is 13.8. The molecule has 0 radical (unpaired) electrons. The molecule has 0 aromatic heterocycles. The molecular formula is C44H61NO12. The monoisotopic (exact) mass is 795 g/mol. The molecule has 3 aliphatic rings. The largest absolute Gasteiger partial charge is 0.497 e. The van der Waals surface area contributed by atoms with Crippen molar-refractivity contribution in [3.8, 4) is 11.5 Å². The third-order valence-corrected chi connectivity index (χ3v) is 9.57. The molecular weight excluding hydrogens is 734 g/mol. The van der Waals surface area contributed by atoms with Crippen LogP contribution in [0.5, 0.6) is 11.5 Å². The van der Waals surface area contributed by atoms with E-state index in [1.165, 1.54) is 4.90 Å². The Balaban J connectivity index is 1.47. The van der Waals surface area contributed by atoms with Crippen molar-refractivity contribution in [2.45, 2.75) is 143 Å². The molecule has 13 heteroatoms. The highest BCUT2D eigenvalue weighted by atomic mass is 16.8. The van der Waals surface area contributed by atoms with Crippen LogP contribution in [0.4, 0.5) is 10.5 Å². The first-order valence-electron chi connectivity index (χ1n) is 19.6. The highest BCUT2D eigenvalue weighted by molar-refractivity contribution is 6.00. The van der Waals surface area contributed by atoms with E-state index in [2.05, 4.69) is 0 Å². The van der Waals surface area contributed by atoms with Crippen LogP contribution in [0, 0.1) is 5.92 Å². The fraction of sp³-hybridized carbons (Fsp3) is 0.591. The van der Waals surface area contributed by atoms with Crippen molar-refractivity contribution in [1.29, 1.82) is 0 Å². The number of rotatable bonds is 14. The van der Waals surface area contributed by atoms with E-state index < -0.39 is 65.5 Å². The molecule has 0 saturated carbocycles. The van der Waals surface area contributed by atoms with E-state index in [1.807, 2.05) is 77.1 Å². The number of carbonyl (C=O) groups excluding carboxylic acids is 2. The number of amides is 1. The van der Waals surface area contributed by atoms with Crippen LogP contribution in [-0.4, -0.2) is 90.9 Å². The first-order valence-corrected chi connectivity index (χ1v) is 19.6. The summed E-state index contributed by atoms with van der Waals surface area (Å²) in [4.78, 5) is 28.9. The molecule has 0 spiro atoms. The Hall–Kier alpha value is -3.98. The minimum Gasteiger partial charge on any atom is -0.497 e. The Kier molecular flexibility index (Phi) is 13.5. The molecule has 2 unspecified atom stereocenters. The van der Waals surface area contributed by atoms with Gasteiger partial charge in [0.1, 0.15) is 41.0 Å². The summed E-state index contributed by atoms with van der Waals surface area (Å²) in [6, 6.07) is 11.0. The normalized spacial score (nSPS) is 24.1. The molecule has 2 fully saturated rings. The van der Waals surface area contributed by atoms with Crippen LogP contribution in [-0.2, 0) is 39.8 Å². The first kappa shape index (κ1) is 44.1. The summed E-state index contributed by atoms with van der Waals surface area (Å²) >= 11 is 0. The second-order valence-electron chi connectivity index (χ2n) is 17.2. The van der Waals surface area contributed by atoms with Crippen LogP contribution < -0.4 is 14.4 Å². The van der Waals surface area contributed by atoms with Gasteiger partial charge in [0.25, 0.3) is 0 Å². The average molecular weight is 796 g/mol. The quantitative estimate of drug-likeness (QED) is 0.147. The van der Waals surface area contributed by atoms with Crippen molar-refractivity contribution in [1.82, 2.24) is 0 Å². The van der Waals surface area contributed by atoms with Gasteiger partial charge >= 0.3 is 12.1 Å². The predicted octanol–water partition coefficient (Wildman–Crippen LogP) is 7.96. The Morgan fingerprint density at radius 2 is 1.67 bits per heavy atom. The van der Waals surface area contributed by atoms with Crippen molar-refractivity contribution in [2.75, 3.05) is 25.2 Å². The molecule has 2 aromatic carbocycles. The zero-order valence-corrected chi connectivity index (χ0v) is 35.5. The summed E-state index contributed by atoms with van der Waals surface area (Å²) < 4.78 is 54.3. The molecule has 314 valence electrons. The molecule has 3 aliphatic heterocycles. The summed E-state index contributed by atoms with van der Waals surface area (Å²) in [6.07, 6.45) is 4.78. The van der Waals surface area contributed by atoms with Gasteiger partial charge in [-0.3, -0.25) is 4.90 Å². The molecule has 3 heterocycles. The second-order valence-corrected chi connectivity index (χ2v) is 17.2. The third-order valence-electron chi connectivity index (χ3n) is 9.57. The van der Waals surface area contributed by atoms with E-state index in [0.717, 1.165) is 11.3 Å². The molecule has 6 atom stereocenters. The Bertz CT molecular complexity index is 1770. The van der Waals surface area contributed by atoms with Gasteiger partial charge in [-0.25, -0.2) is 9.59 Å². The van der Waals surface area contributed by atoms with Crippen molar-refractivity contribution >= 4 is 23.8 Å². The minimum atomic E-state index is -1.25. The number of carbonyl (C=O) groups is 2. The SMILES string of the molecule is COc1ccc(COC(/C=C\[C@@H](C)[C@H](C)O)[C@H]2OC(C)(C)O[C@H]2C/C=C/c2cc(N(CC3COC(C)(C)O3)C(=O)OC(C)(C)C)cc3c2C(=O)OC(C)(C)O3)cc1. The summed E-state index contributed by atoms with van der Waals surface area (Å²) in [6.45, 7) is 20.4. The van der Waals surface area contributed by atoms with E-state index >= 15 is 0 Å². The van der Waals surface area contributed by atoms with E-state index in [-0.39, 0.29) is 30.4 Å². The van der Waals surface area contributed by atoms with Gasteiger partial charge < -0.3 is 47.7 Å². The fourth-order valence-electron chi connectivity index (χ4n) is 6.70. The van der Waals surface area contributed by atoms with Crippen LogP contribution in [0.2, 0.25) is 0 Å². The number of nitrogens with zero attached hydrogens (tertiary/aromatic N) is 1. The summed E-state index contributed by atoms with van der Waals surface area (Å²) in [5, 5.41) is 10.2. The fourth-order valence-corrected chi connectivity index (χ4v) is 6.70. The lowest BCUT2D eigenvalue weighted by atomic mass is 9.99. The van der Waals surface area contributed by atoms with Crippen LogP contribution >= 0.6 is 0 Å². The number of ether oxygens (including phenoxy) is 9. The van der Waals surface area contributed by atoms with Crippen LogP contribution in [0.1, 0.15) is 104 Å². The minimum absolute atomic E-state index is 0.122. The number of cyclic esters (lactones) is 1. The van der Waals surface area contributed by atoms with E-state index in [1.54, 1.807) is 66.9 Å². The zero-order valence-electron chi connectivity index (χ0n) is 35.5. The molecule has 1 amide bonds. The van der Waals surface area contributed by atoms with Gasteiger partial charge in [0.05, 0.1) is 44.8 Å². The first-order chi connectivity index (χ1) is 26.5.